The molecule has 0 bridgehead atoms. The van der Waals surface area contributed by atoms with Gasteiger partial charge in [0.05, 0.1) is 21.2 Å². The molecule has 0 N–H and O–H groups in total. The molecule has 0 fully saturated rings. The van der Waals surface area contributed by atoms with Crippen LogP contribution in [0.1, 0.15) is 21.5 Å². The number of carbonyl (C=O) groups is 1. The van der Waals surface area contributed by atoms with E-state index in [-0.39, 0.29) is 21.1 Å². The minimum Gasteiger partial charge on any atom is -0.298 e. The molecule has 30 heavy (non-hydrogen) atoms. The summed E-state index contributed by atoms with van der Waals surface area (Å²) in [5.74, 6) is 0. The molecule has 2 aromatic heterocycles. The van der Waals surface area contributed by atoms with Crippen molar-refractivity contribution in [2.45, 2.75) is 11.8 Å². The Morgan fingerprint density at radius 1 is 1.10 bits per heavy atom. The predicted molar refractivity (Wildman–Crippen MR) is 114 cm³/mol. The molecule has 2 aromatic carbocycles. The molecule has 4 aromatic rings. The topological polar surface area (TPSA) is 92.8 Å². The lowest BCUT2D eigenvalue weighted by atomic mass is 10.1. The Kier molecular flexibility index (Phi) is 4.90. The quantitative estimate of drug-likeness (QED) is 0.437. The maximum absolute atomic E-state index is 13.6. The molecule has 0 saturated carbocycles. The molecule has 2 heterocycles. The van der Waals surface area contributed by atoms with E-state index in [1.807, 2.05) is 13.0 Å². The van der Waals surface area contributed by atoms with Gasteiger partial charge in [-0.15, -0.1) is 0 Å². The highest BCUT2D eigenvalue weighted by Crippen LogP contribution is 2.35. The van der Waals surface area contributed by atoms with Crippen LogP contribution in [0.4, 0.5) is 0 Å². The number of halogens is 1. The van der Waals surface area contributed by atoms with E-state index in [2.05, 4.69) is 4.98 Å². The first-order valence-electron chi connectivity index (χ1n) is 8.84. The minimum atomic E-state index is -4.03. The van der Waals surface area contributed by atoms with E-state index < -0.39 is 10.0 Å². The largest absolute Gasteiger partial charge is 0.298 e. The average molecular weight is 436 g/mol. The fourth-order valence-electron chi connectivity index (χ4n) is 3.16. The Hall–Kier alpha value is -3.47. The first kappa shape index (κ1) is 19.8. The molecular formula is C22H14ClN3O3S. The number of hydrogen-bond acceptors (Lipinski definition) is 5. The van der Waals surface area contributed by atoms with Crippen molar-refractivity contribution in [2.75, 3.05) is 0 Å². The molecule has 0 radical (unpaired) electrons. The fraction of sp³-hybridized carbons (Fsp3) is 0.0455. The van der Waals surface area contributed by atoms with Crippen molar-refractivity contribution in [1.82, 2.24) is 8.96 Å². The van der Waals surface area contributed by atoms with Gasteiger partial charge in [0.1, 0.15) is 12.4 Å². The van der Waals surface area contributed by atoms with E-state index in [0.717, 1.165) is 9.54 Å². The van der Waals surface area contributed by atoms with Crippen LogP contribution in [0.3, 0.4) is 0 Å². The number of aryl methyl sites for hydroxylation is 1. The normalized spacial score (nSPS) is 11.4. The first-order valence-corrected chi connectivity index (χ1v) is 10.7. The highest BCUT2D eigenvalue weighted by atomic mass is 35.5. The lowest BCUT2D eigenvalue weighted by Crippen LogP contribution is -2.14. The summed E-state index contributed by atoms with van der Waals surface area (Å²) in [6, 6.07) is 16.5. The molecule has 0 atom stereocenters. The third kappa shape index (κ3) is 3.16. The highest BCUT2D eigenvalue weighted by Gasteiger charge is 2.26. The minimum absolute atomic E-state index is 0.0960. The third-order valence-corrected chi connectivity index (χ3v) is 6.87. The van der Waals surface area contributed by atoms with Crippen molar-refractivity contribution in [3.8, 4) is 17.3 Å². The average Bonchev–Trinajstić information content (AvgIpc) is 3.16. The molecule has 0 unspecified atom stereocenters. The summed E-state index contributed by atoms with van der Waals surface area (Å²) in [7, 11) is -4.03. The Morgan fingerprint density at radius 2 is 1.77 bits per heavy atom. The number of aromatic nitrogens is 2. The lowest BCUT2D eigenvalue weighted by molar-refractivity contribution is 0.112. The van der Waals surface area contributed by atoms with Gasteiger partial charge in [-0.1, -0.05) is 53.6 Å². The first-order chi connectivity index (χ1) is 14.4. The third-order valence-electron chi connectivity index (χ3n) is 4.74. The second-order valence-corrected chi connectivity index (χ2v) is 8.85. The number of nitriles is 1. The van der Waals surface area contributed by atoms with Gasteiger partial charge < -0.3 is 0 Å². The Labute approximate surface area is 178 Å². The van der Waals surface area contributed by atoms with Gasteiger partial charge in [-0.05, 0) is 30.7 Å². The van der Waals surface area contributed by atoms with Crippen LogP contribution >= 0.6 is 11.6 Å². The summed E-state index contributed by atoms with van der Waals surface area (Å²) in [5.41, 5.74) is 2.55. The van der Waals surface area contributed by atoms with Crippen LogP contribution in [-0.2, 0) is 10.0 Å². The maximum Gasteiger partial charge on any atom is 0.269 e. The van der Waals surface area contributed by atoms with E-state index in [9.17, 15) is 18.5 Å². The van der Waals surface area contributed by atoms with Gasteiger partial charge in [0, 0.05) is 17.1 Å². The van der Waals surface area contributed by atoms with Crippen LogP contribution in [0, 0.1) is 18.3 Å². The number of nitrogens with zero attached hydrogens (tertiary/aromatic N) is 3. The van der Waals surface area contributed by atoms with Crippen LogP contribution in [0.2, 0.25) is 5.02 Å². The molecule has 0 aliphatic carbocycles. The molecule has 0 aliphatic heterocycles. The van der Waals surface area contributed by atoms with E-state index in [4.69, 9.17) is 11.6 Å². The second-order valence-electron chi connectivity index (χ2n) is 6.69. The smallest absolute Gasteiger partial charge is 0.269 e. The van der Waals surface area contributed by atoms with Gasteiger partial charge in [0.2, 0.25) is 0 Å². The summed E-state index contributed by atoms with van der Waals surface area (Å²) >= 11 is 6.36. The second kappa shape index (κ2) is 7.41. The van der Waals surface area contributed by atoms with Crippen LogP contribution in [0.25, 0.3) is 22.3 Å². The summed E-state index contributed by atoms with van der Waals surface area (Å²) < 4.78 is 28.2. The molecule has 6 nitrogen and oxygen atoms in total. The van der Waals surface area contributed by atoms with E-state index in [1.165, 1.54) is 18.3 Å². The van der Waals surface area contributed by atoms with E-state index in [0.29, 0.717) is 28.5 Å². The Morgan fingerprint density at radius 3 is 2.37 bits per heavy atom. The number of fused-ring (bicyclic) bond motifs is 1. The number of aldehydes is 1. The summed E-state index contributed by atoms with van der Waals surface area (Å²) in [6.07, 6.45) is 1.96. The fourth-order valence-corrected chi connectivity index (χ4v) is 4.88. The number of rotatable bonds is 4. The number of pyridine rings is 1. The van der Waals surface area contributed by atoms with Crippen molar-refractivity contribution < 1.29 is 13.2 Å². The summed E-state index contributed by atoms with van der Waals surface area (Å²) in [4.78, 5) is 15.3. The van der Waals surface area contributed by atoms with Crippen molar-refractivity contribution in [3.63, 3.8) is 0 Å². The van der Waals surface area contributed by atoms with Crippen LogP contribution in [0.5, 0.6) is 0 Å². The predicted octanol–water partition coefficient (Wildman–Crippen LogP) is 4.59. The van der Waals surface area contributed by atoms with Crippen LogP contribution in [-0.4, -0.2) is 23.7 Å². The van der Waals surface area contributed by atoms with E-state index >= 15 is 0 Å². The molecule has 0 saturated heterocycles. The van der Waals surface area contributed by atoms with Gasteiger partial charge >= 0.3 is 0 Å². The monoisotopic (exact) mass is 435 g/mol. The van der Waals surface area contributed by atoms with Crippen LogP contribution < -0.4 is 0 Å². The lowest BCUT2D eigenvalue weighted by Gasteiger charge is -2.12. The molecule has 0 amide bonds. The zero-order valence-corrected chi connectivity index (χ0v) is 17.3. The summed E-state index contributed by atoms with van der Waals surface area (Å²) in [6.45, 7) is 1.87. The standard InChI is InChI=1S/C22H14ClN3O3S/c1-14-2-8-18(9-3-14)30(28,29)26-20(16-6-4-15(13-27)5-7-16)10-19-21(23)17(11-24)12-25-22(19)26/h2-10,12-13H,1H3. The molecule has 0 aliphatic rings. The van der Waals surface area contributed by atoms with Gasteiger partial charge in [0.25, 0.3) is 10.0 Å². The van der Waals surface area contributed by atoms with Gasteiger partial charge in [0.15, 0.2) is 5.65 Å². The van der Waals surface area contributed by atoms with E-state index in [1.54, 1.807) is 42.5 Å². The van der Waals surface area contributed by atoms with Gasteiger partial charge in [-0.3, -0.25) is 4.79 Å². The number of hydrogen-bond donors (Lipinski definition) is 0. The van der Waals surface area contributed by atoms with Gasteiger partial charge in [-0.2, -0.15) is 5.26 Å². The molecule has 0 spiro atoms. The number of benzene rings is 2. The molecule has 148 valence electrons. The van der Waals surface area contributed by atoms with Crippen molar-refractivity contribution in [1.29, 1.82) is 5.26 Å². The van der Waals surface area contributed by atoms with Crippen LogP contribution in [0.15, 0.2) is 65.7 Å². The highest BCUT2D eigenvalue weighted by molar-refractivity contribution is 7.90. The van der Waals surface area contributed by atoms with Gasteiger partial charge in [-0.25, -0.2) is 17.4 Å². The SMILES string of the molecule is Cc1ccc(S(=O)(=O)n2c(-c3ccc(C=O)cc3)cc3c(Cl)c(C#N)cnc32)cc1. The Bertz CT molecular complexity index is 1430. The zero-order valence-electron chi connectivity index (χ0n) is 15.7. The number of carbonyl (C=O) groups excluding carboxylic acids is 1. The zero-order chi connectivity index (χ0) is 21.5. The molecule has 4 rings (SSSR count). The molecule has 8 heteroatoms. The Balaban J connectivity index is 2.07. The van der Waals surface area contributed by atoms with Crippen molar-refractivity contribution in [3.05, 3.63) is 82.5 Å². The molecular weight excluding hydrogens is 422 g/mol. The maximum atomic E-state index is 13.6. The van der Waals surface area contributed by atoms with Crippen molar-refractivity contribution in [2.24, 2.45) is 0 Å². The summed E-state index contributed by atoms with van der Waals surface area (Å²) in [5, 5.41) is 9.74. The van der Waals surface area contributed by atoms with Crippen molar-refractivity contribution >= 4 is 38.9 Å².